The molecule has 0 aromatic heterocycles. The largest absolute Gasteiger partial charge is 0.458 e. The fourth-order valence-corrected chi connectivity index (χ4v) is 6.95. The highest BCUT2D eigenvalue weighted by Gasteiger charge is 2.45. The van der Waals surface area contributed by atoms with Crippen molar-refractivity contribution in [2.45, 2.75) is 124 Å². The van der Waals surface area contributed by atoms with Crippen molar-refractivity contribution in [1.29, 1.82) is 0 Å². The fourth-order valence-electron chi connectivity index (χ4n) is 6.95. The highest BCUT2D eigenvalue weighted by molar-refractivity contribution is 5.77. The summed E-state index contributed by atoms with van der Waals surface area (Å²) in [5.41, 5.74) is 2.60. The molecule has 1 aliphatic carbocycles. The second kappa shape index (κ2) is 15.5. The zero-order valence-electron chi connectivity index (χ0n) is 27.7. The summed E-state index contributed by atoms with van der Waals surface area (Å²) in [6.07, 6.45) is 15.6. The first-order valence-corrected chi connectivity index (χ1v) is 16.6. The number of hydrogen-bond donors (Lipinski definition) is 0. The van der Waals surface area contributed by atoms with Crippen LogP contribution in [0.15, 0.2) is 47.6 Å². The number of carbonyl (C=O) groups excluding carboxylic acids is 3. The van der Waals surface area contributed by atoms with Crippen molar-refractivity contribution < 1.29 is 33.3 Å². The maximum Gasteiger partial charge on any atom is 0.303 e. The molecule has 1 amide bonds. The zero-order valence-corrected chi connectivity index (χ0v) is 27.7. The second-order valence-electron chi connectivity index (χ2n) is 13.2. The van der Waals surface area contributed by atoms with Gasteiger partial charge in [-0.05, 0) is 74.3 Å². The van der Waals surface area contributed by atoms with Crippen LogP contribution in [-0.2, 0) is 33.3 Å². The molecule has 244 valence electrons. The lowest BCUT2D eigenvalue weighted by molar-refractivity contribution is -0.199. The van der Waals surface area contributed by atoms with Gasteiger partial charge in [-0.1, -0.05) is 57.2 Å². The average Bonchev–Trinajstić information content (AvgIpc) is 3.30. The fraction of sp³-hybridized carbons (Fsp3) is 0.694. The van der Waals surface area contributed by atoms with Gasteiger partial charge < -0.3 is 23.8 Å². The zero-order chi connectivity index (χ0) is 32.0. The Balaban J connectivity index is 1.40. The van der Waals surface area contributed by atoms with Crippen LogP contribution < -0.4 is 0 Å². The van der Waals surface area contributed by atoms with Crippen molar-refractivity contribution in [2.75, 3.05) is 13.1 Å². The number of amides is 1. The van der Waals surface area contributed by atoms with Crippen LogP contribution in [0.4, 0.5) is 0 Å². The number of allylic oxidation sites excluding steroid dienone is 4. The maximum atomic E-state index is 12.9. The van der Waals surface area contributed by atoms with E-state index >= 15 is 0 Å². The molecule has 0 aromatic rings. The first kappa shape index (κ1) is 34.2. The lowest BCUT2D eigenvalue weighted by Crippen LogP contribution is -2.52. The topological polar surface area (TPSA) is 91.4 Å². The van der Waals surface area contributed by atoms with E-state index in [2.05, 4.69) is 65.0 Å². The Labute approximate surface area is 263 Å². The minimum atomic E-state index is -0.769. The van der Waals surface area contributed by atoms with E-state index in [1.54, 1.807) is 0 Å². The molecule has 0 radical (unpaired) electrons. The van der Waals surface area contributed by atoms with E-state index in [9.17, 15) is 14.4 Å². The normalized spacial score (nSPS) is 35.1. The van der Waals surface area contributed by atoms with Gasteiger partial charge in [0.2, 0.25) is 5.91 Å². The maximum absolute atomic E-state index is 12.9. The Kier molecular flexibility index (Phi) is 12.1. The Morgan fingerprint density at radius 3 is 2.36 bits per heavy atom. The SMILES string of the molecule is CC[C@H]1O[C@@H](/C(C)=C/[C@H](C)/C=C/[C@H]2[C@@H](C)[C@@H]2/C=C/[C@@H]2O[C@H](CC(=O)N3CCCC3)C[C@H](OC(C)=O)[C@H]2OC(C)=O)CC=C1C. The van der Waals surface area contributed by atoms with E-state index < -0.39 is 36.4 Å². The predicted octanol–water partition coefficient (Wildman–Crippen LogP) is 6.11. The number of rotatable bonds is 11. The molecule has 3 aliphatic heterocycles. The molecule has 10 atom stereocenters. The monoisotopic (exact) mass is 611 g/mol. The standard InChI is InChI=1S/C36H53NO7/c1-8-31-23(3)12-15-32(44-31)24(4)19-22(2)11-13-29-25(5)30(29)14-16-33-36(42-27(7)39)34(41-26(6)38)20-28(43-33)21-35(40)37-17-9-10-18-37/h11-14,16,19,22,25,28-34,36H,8-10,15,17-18,20-21H2,1-7H3/b13-11+,16-14+,24-19+/t22-,25-,28+,29+,30+,31-,32-,33+,34+,36+/m1/s1. The molecule has 0 N–H and O–H groups in total. The molecule has 0 spiro atoms. The van der Waals surface area contributed by atoms with Gasteiger partial charge in [0.15, 0.2) is 6.10 Å². The molecule has 3 heterocycles. The highest BCUT2D eigenvalue weighted by Crippen LogP contribution is 2.48. The molecule has 8 heteroatoms. The summed E-state index contributed by atoms with van der Waals surface area (Å²) in [4.78, 5) is 38.8. The lowest BCUT2D eigenvalue weighted by Gasteiger charge is -2.39. The third kappa shape index (κ3) is 9.16. The summed E-state index contributed by atoms with van der Waals surface area (Å²) in [6, 6.07) is 0. The molecule has 8 nitrogen and oxygen atoms in total. The minimum absolute atomic E-state index is 0.0500. The Hall–Kier alpha value is -2.71. The number of carbonyl (C=O) groups is 3. The molecule has 44 heavy (non-hydrogen) atoms. The lowest BCUT2D eigenvalue weighted by atomic mass is 9.94. The van der Waals surface area contributed by atoms with Gasteiger partial charge in [0, 0.05) is 33.4 Å². The van der Waals surface area contributed by atoms with E-state index in [4.69, 9.17) is 18.9 Å². The molecule has 4 aliphatic rings. The van der Waals surface area contributed by atoms with Crippen molar-refractivity contribution in [3.63, 3.8) is 0 Å². The van der Waals surface area contributed by atoms with Gasteiger partial charge in [-0.2, -0.15) is 0 Å². The van der Waals surface area contributed by atoms with E-state index in [-0.39, 0.29) is 30.5 Å². The van der Waals surface area contributed by atoms with Crippen LogP contribution in [0.3, 0.4) is 0 Å². The number of likely N-dealkylation sites (tertiary alicyclic amines) is 1. The number of nitrogens with zero attached hydrogens (tertiary/aromatic N) is 1. The Morgan fingerprint density at radius 2 is 1.70 bits per heavy atom. The van der Waals surface area contributed by atoms with Gasteiger partial charge in [-0.3, -0.25) is 14.4 Å². The van der Waals surface area contributed by atoms with Crippen LogP contribution in [0.1, 0.15) is 87.0 Å². The number of esters is 2. The average molecular weight is 612 g/mol. The summed E-state index contributed by atoms with van der Waals surface area (Å²) in [6.45, 7) is 15.2. The highest BCUT2D eigenvalue weighted by atomic mass is 16.6. The molecule has 0 aromatic carbocycles. The van der Waals surface area contributed by atoms with Gasteiger partial charge in [-0.15, -0.1) is 0 Å². The summed E-state index contributed by atoms with van der Waals surface area (Å²) in [7, 11) is 0. The van der Waals surface area contributed by atoms with Crippen LogP contribution in [-0.4, -0.2) is 72.5 Å². The molecule has 0 bridgehead atoms. The van der Waals surface area contributed by atoms with Crippen LogP contribution in [0.2, 0.25) is 0 Å². The van der Waals surface area contributed by atoms with E-state index in [0.717, 1.165) is 38.8 Å². The number of ether oxygens (including phenoxy) is 4. The van der Waals surface area contributed by atoms with E-state index in [1.807, 2.05) is 11.0 Å². The summed E-state index contributed by atoms with van der Waals surface area (Å²) in [5, 5.41) is 0. The Bertz CT molecular complexity index is 1150. The van der Waals surface area contributed by atoms with Crippen LogP contribution in [0, 0.1) is 23.7 Å². The first-order chi connectivity index (χ1) is 21.0. The summed E-state index contributed by atoms with van der Waals surface area (Å²) in [5.74, 6) is 0.610. The molecular formula is C36H53NO7. The molecule has 0 unspecified atom stereocenters. The predicted molar refractivity (Wildman–Crippen MR) is 169 cm³/mol. The second-order valence-corrected chi connectivity index (χ2v) is 13.2. The minimum Gasteiger partial charge on any atom is -0.458 e. The van der Waals surface area contributed by atoms with Gasteiger partial charge in [-0.25, -0.2) is 0 Å². The van der Waals surface area contributed by atoms with Crippen molar-refractivity contribution in [3.8, 4) is 0 Å². The van der Waals surface area contributed by atoms with Crippen LogP contribution in [0.25, 0.3) is 0 Å². The molecule has 4 rings (SSSR count). The van der Waals surface area contributed by atoms with Crippen LogP contribution in [0.5, 0.6) is 0 Å². The van der Waals surface area contributed by atoms with Crippen molar-refractivity contribution in [1.82, 2.24) is 4.90 Å². The first-order valence-electron chi connectivity index (χ1n) is 16.6. The summed E-state index contributed by atoms with van der Waals surface area (Å²) < 4.78 is 23.9. The van der Waals surface area contributed by atoms with E-state index in [1.165, 1.54) is 25.0 Å². The van der Waals surface area contributed by atoms with Crippen LogP contribution >= 0.6 is 0 Å². The smallest absolute Gasteiger partial charge is 0.303 e. The van der Waals surface area contributed by atoms with Crippen molar-refractivity contribution >= 4 is 17.8 Å². The van der Waals surface area contributed by atoms with Crippen molar-refractivity contribution in [3.05, 3.63) is 47.6 Å². The third-order valence-corrected chi connectivity index (χ3v) is 9.59. The third-order valence-electron chi connectivity index (χ3n) is 9.59. The number of hydrogen-bond acceptors (Lipinski definition) is 7. The summed E-state index contributed by atoms with van der Waals surface area (Å²) >= 11 is 0. The molecular weight excluding hydrogens is 558 g/mol. The van der Waals surface area contributed by atoms with E-state index in [0.29, 0.717) is 24.2 Å². The van der Waals surface area contributed by atoms with Crippen molar-refractivity contribution in [2.24, 2.45) is 23.7 Å². The molecule has 3 fully saturated rings. The molecule has 1 saturated carbocycles. The molecule has 2 saturated heterocycles. The quantitative estimate of drug-likeness (QED) is 0.206. The van der Waals surface area contributed by atoms with Gasteiger partial charge in [0.1, 0.15) is 12.2 Å². The Morgan fingerprint density at radius 1 is 1.02 bits per heavy atom. The van der Waals surface area contributed by atoms with Gasteiger partial charge in [0.25, 0.3) is 0 Å². The van der Waals surface area contributed by atoms with Gasteiger partial charge in [0.05, 0.1) is 24.7 Å². The van der Waals surface area contributed by atoms with Gasteiger partial charge >= 0.3 is 11.9 Å².